The Bertz CT molecular complexity index is 303. The van der Waals surface area contributed by atoms with Crippen LogP contribution in [0.1, 0.15) is 26.2 Å². The SMILES string of the molecule is CC1(NS(=O)(=O)CC2CC2)CCNC1. The molecule has 82 valence electrons. The molecule has 1 aliphatic heterocycles. The molecule has 1 heterocycles. The van der Waals surface area contributed by atoms with Crippen molar-refractivity contribution in [1.29, 1.82) is 0 Å². The molecule has 4 nitrogen and oxygen atoms in total. The Morgan fingerprint density at radius 1 is 1.50 bits per heavy atom. The van der Waals surface area contributed by atoms with Crippen LogP contribution in [0.2, 0.25) is 0 Å². The van der Waals surface area contributed by atoms with Gasteiger partial charge in [0.2, 0.25) is 10.0 Å². The molecule has 0 aromatic heterocycles. The topological polar surface area (TPSA) is 58.2 Å². The van der Waals surface area contributed by atoms with E-state index in [-0.39, 0.29) is 5.54 Å². The molecule has 0 amide bonds. The van der Waals surface area contributed by atoms with Crippen LogP contribution in [-0.2, 0) is 10.0 Å². The monoisotopic (exact) mass is 218 g/mol. The maximum absolute atomic E-state index is 11.7. The van der Waals surface area contributed by atoms with Gasteiger partial charge in [-0.15, -0.1) is 0 Å². The molecular weight excluding hydrogens is 200 g/mol. The van der Waals surface area contributed by atoms with Crippen LogP contribution in [0, 0.1) is 5.92 Å². The highest BCUT2D eigenvalue weighted by molar-refractivity contribution is 7.89. The van der Waals surface area contributed by atoms with Gasteiger partial charge in [-0.1, -0.05) is 0 Å². The predicted octanol–water partition coefficient (Wildman–Crippen LogP) is 0.0678. The third kappa shape index (κ3) is 2.68. The summed E-state index contributed by atoms with van der Waals surface area (Å²) in [6, 6.07) is 0. The van der Waals surface area contributed by atoms with Gasteiger partial charge in [-0.25, -0.2) is 13.1 Å². The molecule has 0 aromatic carbocycles. The van der Waals surface area contributed by atoms with Gasteiger partial charge in [0.1, 0.15) is 0 Å². The van der Waals surface area contributed by atoms with Crippen molar-refractivity contribution in [1.82, 2.24) is 10.0 Å². The van der Waals surface area contributed by atoms with Gasteiger partial charge in [0.05, 0.1) is 5.75 Å². The zero-order valence-corrected chi connectivity index (χ0v) is 9.36. The molecular formula is C9H18N2O2S. The average Bonchev–Trinajstić information content (AvgIpc) is 2.72. The van der Waals surface area contributed by atoms with Crippen LogP contribution in [0.15, 0.2) is 0 Å². The lowest BCUT2D eigenvalue weighted by molar-refractivity contribution is 0.451. The second kappa shape index (κ2) is 3.47. The lowest BCUT2D eigenvalue weighted by atomic mass is 10.0. The van der Waals surface area contributed by atoms with Crippen molar-refractivity contribution in [2.24, 2.45) is 5.92 Å². The number of sulfonamides is 1. The van der Waals surface area contributed by atoms with Crippen LogP contribution in [0.25, 0.3) is 0 Å². The molecule has 0 spiro atoms. The minimum atomic E-state index is -3.05. The van der Waals surface area contributed by atoms with Gasteiger partial charge in [-0.2, -0.15) is 0 Å². The van der Waals surface area contributed by atoms with Crippen LogP contribution in [0.4, 0.5) is 0 Å². The lowest BCUT2D eigenvalue weighted by Gasteiger charge is -2.23. The standard InChI is InChI=1S/C9H18N2O2S/c1-9(4-5-10-7-9)11-14(12,13)6-8-2-3-8/h8,10-11H,2-7H2,1H3. The molecule has 1 atom stereocenters. The smallest absolute Gasteiger partial charge is 0.212 e. The second-order valence-corrected chi connectivity index (χ2v) is 6.58. The summed E-state index contributed by atoms with van der Waals surface area (Å²) < 4.78 is 26.2. The lowest BCUT2D eigenvalue weighted by Crippen LogP contribution is -2.48. The average molecular weight is 218 g/mol. The van der Waals surface area contributed by atoms with E-state index in [1.54, 1.807) is 0 Å². The highest BCUT2D eigenvalue weighted by Crippen LogP contribution is 2.30. The van der Waals surface area contributed by atoms with Crippen LogP contribution >= 0.6 is 0 Å². The largest absolute Gasteiger partial charge is 0.315 e. The van der Waals surface area contributed by atoms with E-state index in [4.69, 9.17) is 0 Å². The summed E-state index contributed by atoms with van der Waals surface area (Å²) in [6.07, 6.45) is 3.04. The highest BCUT2D eigenvalue weighted by atomic mass is 32.2. The molecule has 2 aliphatic rings. The van der Waals surface area contributed by atoms with Gasteiger partial charge < -0.3 is 5.32 Å². The molecule has 1 unspecified atom stereocenters. The molecule has 5 heteroatoms. The van der Waals surface area contributed by atoms with Crippen molar-refractivity contribution in [2.75, 3.05) is 18.8 Å². The fraction of sp³-hybridized carbons (Fsp3) is 1.00. The summed E-state index contributed by atoms with van der Waals surface area (Å²) in [5, 5.41) is 3.18. The Morgan fingerprint density at radius 2 is 2.21 bits per heavy atom. The summed E-state index contributed by atoms with van der Waals surface area (Å²) in [5.41, 5.74) is -0.256. The number of rotatable bonds is 4. The normalized spacial score (nSPS) is 33.5. The Hall–Kier alpha value is -0.130. The third-order valence-corrected chi connectivity index (χ3v) is 4.64. The summed E-state index contributed by atoms with van der Waals surface area (Å²) in [6.45, 7) is 3.62. The Balaban J connectivity index is 1.93. The molecule has 0 bridgehead atoms. The predicted molar refractivity (Wildman–Crippen MR) is 55.5 cm³/mol. The van der Waals surface area contributed by atoms with Gasteiger partial charge in [0.25, 0.3) is 0 Å². The maximum atomic E-state index is 11.7. The minimum Gasteiger partial charge on any atom is -0.315 e. The summed E-state index contributed by atoms with van der Waals surface area (Å²) >= 11 is 0. The minimum absolute atomic E-state index is 0.256. The van der Waals surface area contributed by atoms with E-state index in [1.165, 1.54) is 0 Å². The van der Waals surface area contributed by atoms with Crippen LogP contribution in [0.5, 0.6) is 0 Å². The van der Waals surface area contributed by atoms with Crippen molar-refractivity contribution >= 4 is 10.0 Å². The maximum Gasteiger partial charge on any atom is 0.212 e. The van der Waals surface area contributed by atoms with Crippen LogP contribution in [-0.4, -0.2) is 32.8 Å². The molecule has 2 N–H and O–H groups in total. The van der Waals surface area contributed by atoms with Crippen molar-refractivity contribution in [3.8, 4) is 0 Å². The van der Waals surface area contributed by atoms with E-state index in [0.29, 0.717) is 11.7 Å². The van der Waals surface area contributed by atoms with E-state index >= 15 is 0 Å². The zero-order chi connectivity index (χ0) is 10.2. The van der Waals surface area contributed by atoms with Gasteiger partial charge in [0.15, 0.2) is 0 Å². The van der Waals surface area contributed by atoms with Gasteiger partial charge >= 0.3 is 0 Å². The quantitative estimate of drug-likeness (QED) is 0.702. The van der Waals surface area contributed by atoms with Gasteiger partial charge in [-0.3, -0.25) is 0 Å². The van der Waals surface area contributed by atoms with Crippen LogP contribution in [0.3, 0.4) is 0 Å². The summed E-state index contributed by atoms with van der Waals surface area (Å²) in [7, 11) is -3.05. The molecule has 14 heavy (non-hydrogen) atoms. The highest BCUT2D eigenvalue weighted by Gasteiger charge is 2.35. The van der Waals surface area contributed by atoms with E-state index in [0.717, 1.165) is 32.4 Å². The third-order valence-electron chi connectivity index (χ3n) is 2.92. The van der Waals surface area contributed by atoms with Gasteiger partial charge in [-0.05, 0) is 38.6 Å². The first-order valence-electron chi connectivity index (χ1n) is 5.22. The molecule has 2 fully saturated rings. The van der Waals surface area contributed by atoms with Crippen molar-refractivity contribution in [2.45, 2.75) is 31.7 Å². The van der Waals surface area contributed by atoms with E-state index in [1.807, 2.05) is 6.92 Å². The second-order valence-electron chi connectivity index (χ2n) is 4.81. The van der Waals surface area contributed by atoms with E-state index in [9.17, 15) is 8.42 Å². The first-order valence-corrected chi connectivity index (χ1v) is 6.87. The van der Waals surface area contributed by atoms with Crippen molar-refractivity contribution < 1.29 is 8.42 Å². The molecule has 0 radical (unpaired) electrons. The van der Waals surface area contributed by atoms with E-state index < -0.39 is 10.0 Å². The molecule has 1 saturated carbocycles. The van der Waals surface area contributed by atoms with Crippen molar-refractivity contribution in [3.63, 3.8) is 0 Å². The molecule has 1 aliphatic carbocycles. The number of nitrogens with one attached hydrogen (secondary N) is 2. The first kappa shape index (κ1) is 10.4. The zero-order valence-electron chi connectivity index (χ0n) is 8.54. The van der Waals surface area contributed by atoms with Gasteiger partial charge in [0, 0.05) is 12.1 Å². The van der Waals surface area contributed by atoms with Crippen LogP contribution < -0.4 is 10.0 Å². The number of hydrogen-bond donors (Lipinski definition) is 2. The number of hydrogen-bond acceptors (Lipinski definition) is 3. The molecule has 0 aromatic rings. The Morgan fingerprint density at radius 3 is 2.71 bits per heavy atom. The first-order chi connectivity index (χ1) is 6.49. The van der Waals surface area contributed by atoms with E-state index in [2.05, 4.69) is 10.0 Å². The Labute approximate surface area is 85.5 Å². The molecule has 2 rings (SSSR count). The fourth-order valence-corrected chi connectivity index (χ4v) is 3.88. The summed E-state index contributed by atoms with van der Waals surface area (Å²) in [5.74, 6) is 0.744. The molecule has 1 saturated heterocycles. The Kier molecular flexibility index (Phi) is 2.57. The van der Waals surface area contributed by atoms with Crippen molar-refractivity contribution in [3.05, 3.63) is 0 Å². The fourth-order valence-electron chi connectivity index (χ4n) is 1.92. The summed E-state index contributed by atoms with van der Waals surface area (Å²) in [4.78, 5) is 0.